The fourth-order valence-electron chi connectivity index (χ4n) is 2.52. The van der Waals surface area contributed by atoms with Crippen molar-refractivity contribution in [1.82, 2.24) is 14.8 Å². The van der Waals surface area contributed by atoms with E-state index in [4.69, 9.17) is 11.6 Å². The molecule has 2 aromatic rings. The molecule has 1 fully saturated rings. The molecule has 9 heteroatoms. The third-order valence-corrected chi connectivity index (χ3v) is 4.84. The monoisotopic (exact) mass is 379 g/mol. The molecule has 132 valence electrons. The molecule has 0 unspecified atom stereocenters. The van der Waals surface area contributed by atoms with Gasteiger partial charge in [-0.2, -0.15) is 0 Å². The number of hydrogen-bond acceptors (Lipinski definition) is 5. The summed E-state index contributed by atoms with van der Waals surface area (Å²) < 4.78 is 0. The van der Waals surface area contributed by atoms with Gasteiger partial charge in [-0.05, 0) is 12.1 Å². The lowest BCUT2D eigenvalue weighted by molar-refractivity contribution is -0.117. The second-order valence-corrected chi connectivity index (χ2v) is 6.86. The highest BCUT2D eigenvalue weighted by atomic mass is 35.5. The molecule has 0 spiro atoms. The average Bonchev–Trinajstić information content (AvgIpc) is 3.10. The van der Waals surface area contributed by atoms with E-state index in [1.807, 2.05) is 22.4 Å². The van der Waals surface area contributed by atoms with Gasteiger partial charge in [0, 0.05) is 37.8 Å². The first kappa shape index (κ1) is 17.7. The summed E-state index contributed by atoms with van der Waals surface area (Å²) in [7, 11) is 0. The molecule has 0 atom stereocenters. The van der Waals surface area contributed by atoms with Gasteiger partial charge >= 0.3 is 6.03 Å². The van der Waals surface area contributed by atoms with E-state index >= 15 is 0 Å². The van der Waals surface area contributed by atoms with Crippen molar-refractivity contribution in [3.8, 4) is 0 Å². The molecular formula is C16H18ClN5O2S. The van der Waals surface area contributed by atoms with Crippen LogP contribution in [0.25, 0.3) is 0 Å². The Labute approximate surface area is 154 Å². The Bertz CT molecular complexity index is 732. The number of anilines is 2. The molecule has 2 N–H and O–H groups in total. The summed E-state index contributed by atoms with van der Waals surface area (Å²) in [4.78, 5) is 32.1. The van der Waals surface area contributed by atoms with Crippen LogP contribution in [-0.4, -0.2) is 59.4 Å². The third-order valence-electron chi connectivity index (χ3n) is 3.82. The fraction of sp³-hybridized carbons (Fsp3) is 0.312. The SMILES string of the molecule is O=C(CN1CCN(C(=O)Nc2nccs2)CC1)Nc1ccccc1Cl. The highest BCUT2D eigenvalue weighted by Crippen LogP contribution is 2.20. The van der Waals surface area contributed by atoms with Crippen molar-refractivity contribution < 1.29 is 9.59 Å². The predicted molar refractivity (Wildman–Crippen MR) is 99.2 cm³/mol. The number of carbonyl (C=O) groups is 2. The molecule has 1 aromatic carbocycles. The average molecular weight is 380 g/mol. The van der Waals surface area contributed by atoms with E-state index in [1.165, 1.54) is 11.3 Å². The molecule has 0 bridgehead atoms. The lowest BCUT2D eigenvalue weighted by Gasteiger charge is -2.34. The Kier molecular flexibility index (Phi) is 5.85. The van der Waals surface area contributed by atoms with Crippen LogP contribution in [0.15, 0.2) is 35.8 Å². The van der Waals surface area contributed by atoms with Crippen LogP contribution in [0.1, 0.15) is 0 Å². The summed E-state index contributed by atoms with van der Waals surface area (Å²) >= 11 is 7.42. The standard InChI is InChI=1S/C16H18ClN5O2S/c17-12-3-1-2-4-13(12)19-14(23)11-21-6-8-22(9-7-21)16(24)20-15-18-5-10-25-15/h1-5,10H,6-9,11H2,(H,19,23)(H,18,20,24). The Morgan fingerprint density at radius 3 is 2.60 bits per heavy atom. The van der Waals surface area contributed by atoms with Gasteiger partial charge in [0.15, 0.2) is 5.13 Å². The second-order valence-electron chi connectivity index (χ2n) is 5.56. The van der Waals surface area contributed by atoms with Gasteiger partial charge in [-0.15, -0.1) is 11.3 Å². The van der Waals surface area contributed by atoms with Crippen LogP contribution in [0.2, 0.25) is 5.02 Å². The second kappa shape index (κ2) is 8.28. The van der Waals surface area contributed by atoms with Gasteiger partial charge in [0.05, 0.1) is 17.3 Å². The van der Waals surface area contributed by atoms with Crippen molar-refractivity contribution >= 4 is 45.7 Å². The van der Waals surface area contributed by atoms with Crippen molar-refractivity contribution in [1.29, 1.82) is 0 Å². The molecule has 1 aromatic heterocycles. The van der Waals surface area contributed by atoms with E-state index in [9.17, 15) is 9.59 Å². The molecule has 1 aliphatic heterocycles. The van der Waals surface area contributed by atoms with Crippen molar-refractivity contribution in [2.45, 2.75) is 0 Å². The number of hydrogen-bond donors (Lipinski definition) is 2. The van der Waals surface area contributed by atoms with Crippen LogP contribution in [0.5, 0.6) is 0 Å². The van der Waals surface area contributed by atoms with Crippen molar-refractivity contribution in [2.75, 3.05) is 43.4 Å². The smallest absolute Gasteiger partial charge is 0.323 e. The van der Waals surface area contributed by atoms with Crippen LogP contribution < -0.4 is 10.6 Å². The zero-order chi connectivity index (χ0) is 17.6. The first-order valence-electron chi connectivity index (χ1n) is 7.84. The number of amides is 3. The first-order valence-corrected chi connectivity index (χ1v) is 9.10. The van der Waals surface area contributed by atoms with E-state index in [0.29, 0.717) is 42.0 Å². The maximum Gasteiger partial charge on any atom is 0.323 e. The van der Waals surface area contributed by atoms with Gasteiger partial charge in [-0.3, -0.25) is 15.0 Å². The topological polar surface area (TPSA) is 77.6 Å². The minimum atomic E-state index is -0.157. The number of halogens is 1. The van der Waals surface area contributed by atoms with E-state index in [0.717, 1.165) is 0 Å². The minimum absolute atomic E-state index is 0.117. The molecule has 0 radical (unpaired) electrons. The number of carbonyl (C=O) groups excluding carboxylic acids is 2. The molecule has 2 heterocycles. The Balaban J connectivity index is 1.43. The number of nitrogens with one attached hydrogen (secondary N) is 2. The number of benzene rings is 1. The molecular weight excluding hydrogens is 362 g/mol. The minimum Gasteiger partial charge on any atom is -0.324 e. The molecule has 25 heavy (non-hydrogen) atoms. The maximum absolute atomic E-state index is 12.1. The van der Waals surface area contributed by atoms with Crippen LogP contribution >= 0.6 is 22.9 Å². The summed E-state index contributed by atoms with van der Waals surface area (Å²) in [6.07, 6.45) is 1.65. The first-order chi connectivity index (χ1) is 12.1. The zero-order valence-electron chi connectivity index (χ0n) is 13.4. The lowest BCUT2D eigenvalue weighted by Crippen LogP contribution is -2.51. The normalized spacial score (nSPS) is 15.0. The van der Waals surface area contributed by atoms with Crippen LogP contribution in [0.4, 0.5) is 15.6 Å². The summed E-state index contributed by atoms with van der Waals surface area (Å²) in [6, 6.07) is 6.98. The van der Waals surface area contributed by atoms with Crippen molar-refractivity contribution in [3.63, 3.8) is 0 Å². The molecule has 1 aliphatic rings. The number of para-hydroxylation sites is 1. The Morgan fingerprint density at radius 1 is 1.16 bits per heavy atom. The van der Waals surface area contributed by atoms with Gasteiger partial charge in [0.1, 0.15) is 0 Å². The fourth-order valence-corrected chi connectivity index (χ4v) is 3.22. The van der Waals surface area contributed by atoms with Crippen molar-refractivity contribution in [2.24, 2.45) is 0 Å². The van der Waals surface area contributed by atoms with Gasteiger partial charge in [0.2, 0.25) is 5.91 Å². The van der Waals surface area contributed by atoms with E-state index in [2.05, 4.69) is 15.6 Å². The van der Waals surface area contributed by atoms with Gasteiger partial charge in [-0.1, -0.05) is 23.7 Å². The summed E-state index contributed by atoms with van der Waals surface area (Å²) in [5.41, 5.74) is 0.607. The van der Waals surface area contributed by atoms with Gasteiger partial charge in [0.25, 0.3) is 0 Å². The summed E-state index contributed by atoms with van der Waals surface area (Å²) in [5, 5.41) is 8.49. The van der Waals surface area contributed by atoms with Crippen molar-refractivity contribution in [3.05, 3.63) is 40.9 Å². The van der Waals surface area contributed by atoms with Crippen LogP contribution in [0, 0.1) is 0 Å². The van der Waals surface area contributed by atoms with Gasteiger partial charge in [-0.25, -0.2) is 9.78 Å². The number of rotatable bonds is 4. The molecule has 3 rings (SSSR count). The molecule has 0 saturated carbocycles. The molecule has 1 saturated heterocycles. The Hall–Kier alpha value is -2.16. The highest BCUT2D eigenvalue weighted by molar-refractivity contribution is 7.13. The number of thiazole rings is 1. The number of piperazine rings is 1. The van der Waals surface area contributed by atoms with Crippen LogP contribution in [-0.2, 0) is 4.79 Å². The van der Waals surface area contributed by atoms with Crippen LogP contribution in [0.3, 0.4) is 0 Å². The number of aromatic nitrogens is 1. The number of nitrogens with zero attached hydrogens (tertiary/aromatic N) is 3. The molecule has 7 nitrogen and oxygen atoms in total. The van der Waals surface area contributed by atoms with E-state index in [1.54, 1.807) is 23.2 Å². The zero-order valence-corrected chi connectivity index (χ0v) is 15.0. The third kappa shape index (κ3) is 4.91. The largest absolute Gasteiger partial charge is 0.324 e. The van der Waals surface area contributed by atoms with E-state index in [-0.39, 0.29) is 18.5 Å². The molecule has 3 amide bonds. The van der Waals surface area contributed by atoms with E-state index < -0.39 is 0 Å². The summed E-state index contributed by atoms with van der Waals surface area (Å²) in [6.45, 7) is 2.68. The quantitative estimate of drug-likeness (QED) is 0.855. The number of urea groups is 1. The highest BCUT2D eigenvalue weighted by Gasteiger charge is 2.23. The lowest BCUT2D eigenvalue weighted by atomic mass is 10.3. The Morgan fingerprint density at radius 2 is 1.92 bits per heavy atom. The summed E-state index contributed by atoms with van der Waals surface area (Å²) in [5.74, 6) is -0.117. The molecule has 0 aliphatic carbocycles. The van der Waals surface area contributed by atoms with Gasteiger partial charge < -0.3 is 10.2 Å². The predicted octanol–water partition coefficient (Wildman–Crippen LogP) is 2.58. The maximum atomic E-state index is 12.1.